The Bertz CT molecular complexity index is 864. The molecule has 0 saturated carbocycles. The lowest BCUT2D eigenvalue weighted by Crippen LogP contribution is -2.45. The van der Waals surface area contributed by atoms with Crippen LogP contribution in [0.5, 0.6) is 0 Å². The van der Waals surface area contributed by atoms with Crippen molar-refractivity contribution in [3.8, 4) is 0 Å². The summed E-state index contributed by atoms with van der Waals surface area (Å²) in [6.07, 6.45) is 1.95. The van der Waals surface area contributed by atoms with Gasteiger partial charge in [0.1, 0.15) is 13.1 Å². The molecular weight excluding hydrogens is 436 g/mol. The molecule has 4 amide bonds. The number of carbonyl (C=O) groups is 4. The number of carbonyl (C=O) groups excluding carboxylic acids is 4. The summed E-state index contributed by atoms with van der Waals surface area (Å²) >= 11 is 0. The van der Waals surface area contributed by atoms with Crippen molar-refractivity contribution in [3.05, 3.63) is 71.8 Å². The molecule has 9 heteroatoms. The summed E-state index contributed by atoms with van der Waals surface area (Å²) in [7, 11) is 0. The van der Waals surface area contributed by atoms with Gasteiger partial charge < -0.3 is 15.5 Å². The van der Waals surface area contributed by atoms with Crippen molar-refractivity contribution in [2.24, 2.45) is 0 Å². The van der Waals surface area contributed by atoms with Crippen LogP contribution in [-0.2, 0) is 32.3 Å². The fraction of sp³-hybridized carbons (Fsp3) is 0.360. The molecule has 0 aliphatic rings. The maximum atomic E-state index is 12.8. The highest BCUT2D eigenvalue weighted by Gasteiger charge is 2.20. The van der Waals surface area contributed by atoms with Crippen molar-refractivity contribution in [1.82, 2.24) is 21.0 Å². The molecule has 0 radical (unpaired) electrons. The Kier molecular flexibility index (Phi) is 11.8. The molecule has 2 aromatic carbocycles. The molecule has 0 unspecified atom stereocenters. The minimum atomic E-state index is -0.474. The first-order valence-corrected chi connectivity index (χ1v) is 11.3. The number of benzene rings is 2. The van der Waals surface area contributed by atoms with E-state index in [2.05, 4.69) is 10.6 Å². The van der Waals surface area contributed by atoms with Crippen LogP contribution >= 0.6 is 0 Å². The van der Waals surface area contributed by atoms with Crippen LogP contribution in [-0.4, -0.2) is 46.8 Å². The number of amides is 4. The van der Waals surface area contributed by atoms with E-state index >= 15 is 0 Å². The summed E-state index contributed by atoms with van der Waals surface area (Å²) in [5.41, 5.74) is 3.43. The lowest BCUT2D eigenvalue weighted by molar-refractivity contribution is -0.139. The third-order valence-electron chi connectivity index (χ3n) is 5.11. The standard InChI is InChI=1S/C25H32N4O5/c30-22(28-34)14-8-3-9-15-25(33)29(18-23(31)26-16-20-10-4-1-5-11-20)19-24(32)27-17-21-12-6-2-7-13-21/h1-2,4-7,10-13,34H,3,8-9,14-19H2,(H,26,31)(H,27,32)(H,28,30). The van der Waals surface area contributed by atoms with Crippen molar-refractivity contribution >= 4 is 23.6 Å². The molecule has 34 heavy (non-hydrogen) atoms. The summed E-state index contributed by atoms with van der Waals surface area (Å²) in [6.45, 7) is 0.207. The topological polar surface area (TPSA) is 128 Å². The maximum absolute atomic E-state index is 12.8. The molecule has 0 fully saturated rings. The Balaban J connectivity index is 1.87. The first-order chi connectivity index (χ1) is 16.5. The van der Waals surface area contributed by atoms with Gasteiger partial charge >= 0.3 is 0 Å². The SMILES string of the molecule is O=C(CCCCCC(=O)N(CC(=O)NCc1ccccc1)CC(=O)NCc1ccccc1)NO. The largest absolute Gasteiger partial charge is 0.350 e. The zero-order valence-corrected chi connectivity index (χ0v) is 19.2. The van der Waals surface area contributed by atoms with Gasteiger partial charge in [0.2, 0.25) is 23.6 Å². The highest BCUT2D eigenvalue weighted by atomic mass is 16.5. The molecule has 182 valence electrons. The van der Waals surface area contributed by atoms with Gasteiger partial charge in [-0.1, -0.05) is 67.1 Å². The lowest BCUT2D eigenvalue weighted by Gasteiger charge is -2.22. The molecule has 0 bridgehead atoms. The maximum Gasteiger partial charge on any atom is 0.243 e. The second-order valence-electron chi connectivity index (χ2n) is 7.87. The van der Waals surface area contributed by atoms with Crippen LogP contribution < -0.4 is 16.1 Å². The van der Waals surface area contributed by atoms with E-state index in [-0.39, 0.29) is 43.7 Å². The van der Waals surface area contributed by atoms with Crippen LogP contribution in [0.4, 0.5) is 0 Å². The molecule has 2 aromatic rings. The molecule has 0 aliphatic carbocycles. The van der Waals surface area contributed by atoms with E-state index in [1.807, 2.05) is 60.7 Å². The number of rotatable bonds is 14. The van der Waals surface area contributed by atoms with Crippen LogP contribution in [0.25, 0.3) is 0 Å². The molecule has 0 atom stereocenters. The van der Waals surface area contributed by atoms with Gasteiger partial charge in [-0.3, -0.25) is 24.4 Å². The zero-order valence-electron chi connectivity index (χ0n) is 19.2. The summed E-state index contributed by atoms with van der Waals surface area (Å²) in [5.74, 6) is -1.49. The number of hydrogen-bond donors (Lipinski definition) is 4. The summed E-state index contributed by atoms with van der Waals surface area (Å²) in [4.78, 5) is 50.0. The lowest BCUT2D eigenvalue weighted by atomic mass is 10.1. The van der Waals surface area contributed by atoms with E-state index < -0.39 is 5.91 Å². The van der Waals surface area contributed by atoms with E-state index in [0.29, 0.717) is 32.4 Å². The van der Waals surface area contributed by atoms with Crippen LogP contribution in [0, 0.1) is 0 Å². The van der Waals surface area contributed by atoms with E-state index in [0.717, 1.165) is 11.1 Å². The monoisotopic (exact) mass is 468 g/mol. The van der Waals surface area contributed by atoms with Crippen LogP contribution in [0.15, 0.2) is 60.7 Å². The Morgan fingerprint density at radius 2 is 1.12 bits per heavy atom. The van der Waals surface area contributed by atoms with E-state index in [1.165, 1.54) is 4.90 Å². The molecule has 0 aliphatic heterocycles. The molecule has 9 nitrogen and oxygen atoms in total. The fourth-order valence-corrected chi connectivity index (χ4v) is 3.24. The second-order valence-corrected chi connectivity index (χ2v) is 7.87. The first kappa shape index (κ1) is 26.5. The summed E-state index contributed by atoms with van der Waals surface area (Å²) in [5, 5.41) is 14.1. The molecule has 0 spiro atoms. The van der Waals surface area contributed by atoms with E-state index in [4.69, 9.17) is 5.21 Å². The minimum Gasteiger partial charge on any atom is -0.350 e. The average Bonchev–Trinajstić information content (AvgIpc) is 2.86. The van der Waals surface area contributed by atoms with Gasteiger partial charge in [-0.05, 0) is 24.0 Å². The number of hydrogen-bond acceptors (Lipinski definition) is 5. The van der Waals surface area contributed by atoms with E-state index in [1.54, 1.807) is 5.48 Å². The third-order valence-corrected chi connectivity index (χ3v) is 5.11. The quantitative estimate of drug-likeness (QED) is 0.191. The van der Waals surface area contributed by atoms with Gasteiger partial charge in [-0.25, -0.2) is 5.48 Å². The average molecular weight is 469 g/mol. The minimum absolute atomic E-state index is 0.151. The van der Waals surface area contributed by atoms with Gasteiger partial charge in [0.25, 0.3) is 0 Å². The highest BCUT2D eigenvalue weighted by molar-refractivity contribution is 5.89. The number of nitrogens with one attached hydrogen (secondary N) is 3. The summed E-state index contributed by atoms with van der Waals surface area (Å²) < 4.78 is 0. The molecule has 0 aromatic heterocycles. The Hall–Kier alpha value is -3.72. The normalized spacial score (nSPS) is 10.3. The number of unbranched alkanes of at least 4 members (excludes halogenated alkanes) is 2. The highest BCUT2D eigenvalue weighted by Crippen LogP contribution is 2.07. The Morgan fingerprint density at radius 3 is 1.59 bits per heavy atom. The third kappa shape index (κ3) is 10.7. The number of nitrogens with zero attached hydrogens (tertiary/aromatic N) is 1. The van der Waals surface area contributed by atoms with Crippen LogP contribution in [0.1, 0.15) is 43.2 Å². The van der Waals surface area contributed by atoms with Gasteiger partial charge in [0, 0.05) is 25.9 Å². The second kappa shape index (κ2) is 15.2. The van der Waals surface area contributed by atoms with Crippen molar-refractivity contribution in [3.63, 3.8) is 0 Å². The predicted molar refractivity (Wildman–Crippen MR) is 126 cm³/mol. The molecule has 0 saturated heterocycles. The van der Waals surface area contributed by atoms with Gasteiger partial charge in [0.05, 0.1) is 0 Å². The van der Waals surface area contributed by atoms with Crippen molar-refractivity contribution in [2.75, 3.05) is 13.1 Å². The molecular formula is C25H32N4O5. The van der Waals surface area contributed by atoms with Crippen LogP contribution in [0.2, 0.25) is 0 Å². The van der Waals surface area contributed by atoms with Gasteiger partial charge in [-0.2, -0.15) is 0 Å². The zero-order chi connectivity index (χ0) is 24.6. The first-order valence-electron chi connectivity index (χ1n) is 11.3. The van der Waals surface area contributed by atoms with Gasteiger partial charge in [-0.15, -0.1) is 0 Å². The van der Waals surface area contributed by atoms with Crippen LogP contribution in [0.3, 0.4) is 0 Å². The molecule has 2 rings (SSSR count). The molecule has 0 heterocycles. The van der Waals surface area contributed by atoms with E-state index in [9.17, 15) is 19.2 Å². The summed E-state index contributed by atoms with van der Waals surface area (Å²) in [6, 6.07) is 18.8. The molecule has 4 N–H and O–H groups in total. The Morgan fingerprint density at radius 1 is 0.647 bits per heavy atom. The fourth-order valence-electron chi connectivity index (χ4n) is 3.24. The number of hydroxylamine groups is 1. The predicted octanol–water partition coefficient (Wildman–Crippen LogP) is 1.90. The van der Waals surface area contributed by atoms with Gasteiger partial charge in [0.15, 0.2) is 0 Å². The van der Waals surface area contributed by atoms with Crippen molar-refractivity contribution < 1.29 is 24.4 Å². The Labute approximate surface area is 199 Å². The van der Waals surface area contributed by atoms with Crippen molar-refractivity contribution in [1.29, 1.82) is 0 Å². The van der Waals surface area contributed by atoms with Crippen molar-refractivity contribution in [2.45, 2.75) is 45.2 Å². The smallest absolute Gasteiger partial charge is 0.243 e.